The summed E-state index contributed by atoms with van der Waals surface area (Å²) >= 11 is 3.37. The van der Waals surface area contributed by atoms with E-state index in [1.54, 1.807) is 30.3 Å². The van der Waals surface area contributed by atoms with Gasteiger partial charge in [-0.15, -0.1) is 0 Å². The van der Waals surface area contributed by atoms with Gasteiger partial charge < -0.3 is 14.8 Å². The third-order valence-electron chi connectivity index (χ3n) is 5.22. The molecule has 0 saturated heterocycles. The molecule has 0 aliphatic carbocycles. The van der Waals surface area contributed by atoms with Crippen LogP contribution in [0.25, 0.3) is 0 Å². The van der Waals surface area contributed by atoms with E-state index in [1.807, 2.05) is 6.92 Å². The molecule has 3 aromatic carbocycles. The number of sulfonamides is 2. The fourth-order valence-corrected chi connectivity index (χ4v) is 5.48. The van der Waals surface area contributed by atoms with Gasteiger partial charge in [0.2, 0.25) is 15.9 Å². The fourth-order valence-electron chi connectivity index (χ4n) is 3.32. The number of anilines is 3. The summed E-state index contributed by atoms with van der Waals surface area (Å²) in [6.07, 6.45) is 1.02. The number of methoxy groups -OCH3 is 2. The molecule has 0 bridgehead atoms. The Morgan fingerprint density at radius 3 is 2.19 bits per heavy atom. The van der Waals surface area contributed by atoms with Crippen LogP contribution in [-0.2, 0) is 24.8 Å². The summed E-state index contributed by atoms with van der Waals surface area (Å²) in [5, 5.41) is 2.60. The fraction of sp³-hybridized carbons (Fsp3) is 0.208. The quantitative estimate of drug-likeness (QED) is 0.354. The van der Waals surface area contributed by atoms with Crippen molar-refractivity contribution in [2.45, 2.75) is 11.8 Å². The SMILES string of the molecule is COc1ccc(NS(=O)(=O)c2ccc(NC(=O)CN(c3ccc(Br)c(C)c3)S(C)(=O)=O)cc2)c(OC)c1. The summed E-state index contributed by atoms with van der Waals surface area (Å²) < 4.78 is 65.0. The van der Waals surface area contributed by atoms with Gasteiger partial charge in [-0.25, -0.2) is 16.8 Å². The van der Waals surface area contributed by atoms with E-state index in [1.165, 1.54) is 44.6 Å². The second-order valence-electron chi connectivity index (χ2n) is 7.95. The highest BCUT2D eigenvalue weighted by atomic mass is 79.9. The number of nitrogens with zero attached hydrogens (tertiary/aromatic N) is 1. The number of rotatable bonds is 10. The molecule has 198 valence electrons. The Bertz CT molecular complexity index is 1510. The molecule has 0 radical (unpaired) electrons. The number of ether oxygens (including phenoxy) is 2. The number of carbonyl (C=O) groups is 1. The summed E-state index contributed by atoms with van der Waals surface area (Å²) in [6, 6.07) is 15.1. The van der Waals surface area contributed by atoms with E-state index < -0.39 is 32.5 Å². The first-order chi connectivity index (χ1) is 17.3. The van der Waals surface area contributed by atoms with Gasteiger partial charge in [0.1, 0.15) is 18.0 Å². The van der Waals surface area contributed by atoms with Crippen molar-refractivity contribution in [2.24, 2.45) is 0 Å². The molecule has 0 saturated carbocycles. The maximum absolute atomic E-state index is 12.9. The summed E-state index contributed by atoms with van der Waals surface area (Å²) in [4.78, 5) is 12.6. The predicted octanol–water partition coefficient (Wildman–Crippen LogP) is 3.98. The Morgan fingerprint density at radius 2 is 1.62 bits per heavy atom. The van der Waals surface area contributed by atoms with Crippen LogP contribution in [0.4, 0.5) is 17.1 Å². The highest BCUT2D eigenvalue weighted by molar-refractivity contribution is 9.10. The highest BCUT2D eigenvalue weighted by Gasteiger charge is 2.22. The maximum Gasteiger partial charge on any atom is 0.262 e. The van der Waals surface area contributed by atoms with Crippen LogP contribution >= 0.6 is 15.9 Å². The van der Waals surface area contributed by atoms with Crippen LogP contribution in [-0.4, -0.2) is 49.8 Å². The molecule has 37 heavy (non-hydrogen) atoms. The number of amides is 1. The summed E-state index contributed by atoms with van der Waals surface area (Å²) in [5.41, 5.74) is 1.68. The Hall–Kier alpha value is -3.29. The molecule has 10 nitrogen and oxygen atoms in total. The van der Waals surface area contributed by atoms with Crippen LogP contribution in [0.1, 0.15) is 5.56 Å². The van der Waals surface area contributed by atoms with Gasteiger partial charge in [-0.2, -0.15) is 0 Å². The van der Waals surface area contributed by atoms with E-state index in [9.17, 15) is 21.6 Å². The van der Waals surface area contributed by atoms with Crippen molar-refractivity contribution >= 4 is 58.9 Å². The van der Waals surface area contributed by atoms with E-state index in [2.05, 4.69) is 26.0 Å². The van der Waals surface area contributed by atoms with Crippen molar-refractivity contribution < 1.29 is 31.1 Å². The minimum Gasteiger partial charge on any atom is -0.497 e. The third kappa shape index (κ3) is 7.14. The molecule has 0 unspecified atom stereocenters. The average molecular weight is 613 g/mol. The number of hydrogen-bond donors (Lipinski definition) is 2. The summed E-state index contributed by atoms with van der Waals surface area (Å²) in [7, 11) is -4.82. The first kappa shape index (κ1) is 28.3. The van der Waals surface area contributed by atoms with Crippen molar-refractivity contribution in [1.82, 2.24) is 0 Å². The summed E-state index contributed by atoms with van der Waals surface area (Å²) in [6.45, 7) is 1.35. The molecular weight excluding hydrogens is 586 g/mol. The van der Waals surface area contributed by atoms with E-state index >= 15 is 0 Å². The zero-order chi connectivity index (χ0) is 27.4. The normalized spacial score (nSPS) is 11.5. The lowest BCUT2D eigenvalue weighted by atomic mass is 10.2. The standard InChI is InChI=1S/C24H26BrN3O7S2/c1-16-13-18(7-11-21(16)25)28(36(4,30)31)15-24(29)26-17-5-9-20(10-6-17)37(32,33)27-22-12-8-19(34-2)14-23(22)35-3/h5-14,27H,15H2,1-4H3,(H,26,29). The molecule has 0 spiro atoms. The van der Waals surface area contributed by atoms with Gasteiger partial charge in [-0.05, 0) is 67.1 Å². The third-order valence-corrected chi connectivity index (χ3v) is 8.63. The van der Waals surface area contributed by atoms with Crippen LogP contribution in [0.15, 0.2) is 70.0 Å². The predicted molar refractivity (Wildman–Crippen MR) is 146 cm³/mol. The Balaban J connectivity index is 1.74. The van der Waals surface area contributed by atoms with Crippen molar-refractivity contribution in [3.8, 4) is 11.5 Å². The van der Waals surface area contributed by atoms with Crippen LogP contribution < -0.4 is 23.8 Å². The molecule has 0 aliphatic heterocycles. The van der Waals surface area contributed by atoms with Gasteiger partial charge in [0.05, 0.1) is 36.7 Å². The van der Waals surface area contributed by atoms with Gasteiger partial charge in [-0.1, -0.05) is 15.9 Å². The molecular formula is C24H26BrN3O7S2. The first-order valence-electron chi connectivity index (χ1n) is 10.7. The van der Waals surface area contributed by atoms with E-state index in [0.29, 0.717) is 17.1 Å². The van der Waals surface area contributed by atoms with Gasteiger partial charge in [0.25, 0.3) is 10.0 Å². The number of hydrogen-bond acceptors (Lipinski definition) is 7. The molecule has 0 heterocycles. The van der Waals surface area contributed by atoms with Crippen molar-refractivity contribution in [2.75, 3.05) is 41.4 Å². The highest BCUT2D eigenvalue weighted by Crippen LogP contribution is 2.31. The van der Waals surface area contributed by atoms with E-state index in [0.717, 1.165) is 20.6 Å². The zero-order valence-corrected chi connectivity index (χ0v) is 23.7. The second-order valence-corrected chi connectivity index (χ2v) is 12.4. The number of carbonyl (C=O) groups excluding carboxylic acids is 1. The lowest BCUT2D eigenvalue weighted by Gasteiger charge is -2.22. The van der Waals surface area contributed by atoms with E-state index in [4.69, 9.17) is 9.47 Å². The molecule has 2 N–H and O–H groups in total. The lowest BCUT2D eigenvalue weighted by molar-refractivity contribution is -0.114. The van der Waals surface area contributed by atoms with Crippen LogP contribution in [0.5, 0.6) is 11.5 Å². The molecule has 0 aliphatic rings. The minimum atomic E-state index is -3.97. The van der Waals surface area contributed by atoms with Crippen LogP contribution in [0.3, 0.4) is 0 Å². The molecule has 0 fully saturated rings. The van der Waals surface area contributed by atoms with Gasteiger partial charge in [-0.3, -0.25) is 13.8 Å². The lowest BCUT2D eigenvalue weighted by Crippen LogP contribution is -2.37. The maximum atomic E-state index is 12.9. The van der Waals surface area contributed by atoms with Gasteiger partial charge in [0, 0.05) is 16.2 Å². The monoisotopic (exact) mass is 611 g/mol. The largest absolute Gasteiger partial charge is 0.497 e. The Kier molecular flexibility index (Phi) is 8.72. The number of aryl methyl sites for hydroxylation is 1. The van der Waals surface area contributed by atoms with E-state index in [-0.39, 0.29) is 16.3 Å². The smallest absolute Gasteiger partial charge is 0.262 e. The molecule has 3 rings (SSSR count). The van der Waals surface area contributed by atoms with Crippen LogP contribution in [0.2, 0.25) is 0 Å². The van der Waals surface area contributed by atoms with Crippen molar-refractivity contribution in [3.05, 3.63) is 70.7 Å². The van der Waals surface area contributed by atoms with Crippen molar-refractivity contribution in [3.63, 3.8) is 0 Å². The van der Waals surface area contributed by atoms with Gasteiger partial charge in [0.15, 0.2) is 0 Å². The molecule has 13 heteroatoms. The summed E-state index contributed by atoms with van der Waals surface area (Å²) in [5.74, 6) is 0.190. The second kappa shape index (κ2) is 11.4. The average Bonchev–Trinajstić information content (AvgIpc) is 2.84. The first-order valence-corrected chi connectivity index (χ1v) is 14.8. The number of halogens is 1. The molecule has 0 atom stereocenters. The van der Waals surface area contributed by atoms with Crippen LogP contribution in [0, 0.1) is 6.92 Å². The topological polar surface area (TPSA) is 131 Å². The Labute approximate surface area is 224 Å². The zero-order valence-electron chi connectivity index (χ0n) is 20.5. The number of benzene rings is 3. The van der Waals surface area contributed by atoms with Crippen molar-refractivity contribution in [1.29, 1.82) is 0 Å². The van der Waals surface area contributed by atoms with Gasteiger partial charge >= 0.3 is 0 Å². The molecule has 1 amide bonds. The number of nitrogens with one attached hydrogen (secondary N) is 2. The Morgan fingerprint density at radius 1 is 0.946 bits per heavy atom. The molecule has 0 aromatic heterocycles. The minimum absolute atomic E-state index is 0.0496. The molecule has 3 aromatic rings.